The van der Waals surface area contributed by atoms with Gasteiger partial charge in [-0.2, -0.15) is 13.2 Å². The maximum atomic E-state index is 13.9. The third kappa shape index (κ3) is 4.84. The largest absolute Gasteiger partial charge is 0.472 e. The third-order valence-electron chi connectivity index (χ3n) is 5.04. The molecule has 0 radical (unpaired) electrons. The van der Waals surface area contributed by atoms with Crippen LogP contribution in [0.2, 0.25) is 0 Å². The van der Waals surface area contributed by atoms with E-state index < -0.39 is 23.7 Å². The molecule has 1 aromatic carbocycles. The zero-order chi connectivity index (χ0) is 22.7. The average molecular weight is 446 g/mol. The molecule has 1 aliphatic heterocycles. The monoisotopic (exact) mass is 446 g/mol. The predicted octanol–water partition coefficient (Wildman–Crippen LogP) is 4.38. The Bertz CT molecular complexity index is 1090. The van der Waals surface area contributed by atoms with Crippen molar-refractivity contribution in [3.63, 3.8) is 0 Å². The van der Waals surface area contributed by atoms with Crippen LogP contribution in [0.1, 0.15) is 28.8 Å². The molecule has 1 aliphatic rings. The lowest BCUT2D eigenvalue weighted by molar-refractivity contribution is -0.137. The summed E-state index contributed by atoms with van der Waals surface area (Å²) in [5.41, 5.74) is -0.328. The fourth-order valence-corrected chi connectivity index (χ4v) is 3.50. The van der Waals surface area contributed by atoms with Gasteiger partial charge >= 0.3 is 6.18 Å². The van der Waals surface area contributed by atoms with E-state index in [0.717, 1.165) is 12.1 Å². The van der Waals surface area contributed by atoms with Crippen LogP contribution in [0.5, 0.6) is 5.88 Å². The minimum atomic E-state index is -4.48. The molecule has 2 aromatic heterocycles. The molecule has 32 heavy (non-hydrogen) atoms. The van der Waals surface area contributed by atoms with Crippen LogP contribution in [0.25, 0.3) is 11.4 Å². The number of piperidine rings is 1. The molecule has 0 aliphatic carbocycles. The highest BCUT2D eigenvalue weighted by Crippen LogP contribution is 2.30. The molecule has 0 spiro atoms. The fraction of sp³-hybridized carbons (Fsp3) is 0.273. The summed E-state index contributed by atoms with van der Waals surface area (Å²) in [6.45, 7) is 0.680. The lowest BCUT2D eigenvalue weighted by atomic mass is 10.0. The Hall–Kier alpha value is -3.56. The molecule has 4 rings (SSSR count). The van der Waals surface area contributed by atoms with E-state index in [9.17, 15) is 22.4 Å². The van der Waals surface area contributed by atoms with Crippen molar-refractivity contribution in [2.24, 2.45) is 0 Å². The first-order chi connectivity index (χ1) is 15.3. The van der Waals surface area contributed by atoms with E-state index in [1.807, 2.05) is 0 Å². The van der Waals surface area contributed by atoms with Gasteiger partial charge in [-0.1, -0.05) is 0 Å². The number of hydrogen-bond acceptors (Lipinski definition) is 5. The van der Waals surface area contributed by atoms with Gasteiger partial charge in [0.15, 0.2) is 5.82 Å². The number of carbonyl (C=O) groups is 1. The predicted molar refractivity (Wildman–Crippen MR) is 106 cm³/mol. The van der Waals surface area contributed by atoms with E-state index in [4.69, 9.17) is 4.74 Å². The Morgan fingerprint density at radius 1 is 1.09 bits per heavy atom. The van der Waals surface area contributed by atoms with Crippen LogP contribution in [0.4, 0.5) is 17.6 Å². The van der Waals surface area contributed by atoms with Gasteiger partial charge in [-0.15, -0.1) is 0 Å². The number of ether oxygens (including phenoxy) is 1. The lowest BCUT2D eigenvalue weighted by Gasteiger charge is -2.33. The van der Waals surface area contributed by atoms with Crippen LogP contribution in [0, 0.1) is 5.82 Å². The molecular formula is C22H18F4N4O2. The molecule has 6 nitrogen and oxygen atoms in total. The number of carbonyl (C=O) groups excluding carboxylic acids is 1. The van der Waals surface area contributed by atoms with Crippen molar-refractivity contribution in [2.45, 2.75) is 25.1 Å². The summed E-state index contributed by atoms with van der Waals surface area (Å²) in [4.78, 5) is 26.7. The zero-order valence-corrected chi connectivity index (χ0v) is 16.7. The quantitative estimate of drug-likeness (QED) is 0.557. The van der Waals surface area contributed by atoms with Gasteiger partial charge in [0.25, 0.3) is 5.91 Å². The SMILES string of the molecule is O=C(c1ccc(F)cc1-c1ncccn1)N1CCCC(Oc2ccc(C(F)(F)F)cn2)C1. The van der Waals surface area contributed by atoms with Gasteiger partial charge in [0.2, 0.25) is 5.88 Å². The molecule has 1 fully saturated rings. The van der Waals surface area contributed by atoms with E-state index in [0.29, 0.717) is 25.6 Å². The van der Waals surface area contributed by atoms with E-state index in [-0.39, 0.29) is 35.3 Å². The van der Waals surface area contributed by atoms with Gasteiger partial charge in [-0.05, 0) is 43.2 Å². The van der Waals surface area contributed by atoms with Gasteiger partial charge in [0, 0.05) is 36.8 Å². The van der Waals surface area contributed by atoms with E-state index in [1.165, 1.54) is 30.6 Å². The van der Waals surface area contributed by atoms with Crippen molar-refractivity contribution in [3.05, 3.63) is 71.9 Å². The summed E-state index contributed by atoms with van der Waals surface area (Å²) in [7, 11) is 0. The minimum Gasteiger partial charge on any atom is -0.472 e. The topological polar surface area (TPSA) is 68.2 Å². The molecule has 1 unspecified atom stereocenters. The number of benzene rings is 1. The van der Waals surface area contributed by atoms with Crippen molar-refractivity contribution in [3.8, 4) is 17.3 Å². The van der Waals surface area contributed by atoms with Gasteiger partial charge < -0.3 is 9.64 Å². The van der Waals surface area contributed by atoms with Gasteiger partial charge in [-0.3, -0.25) is 4.79 Å². The Labute approximate surface area is 180 Å². The number of rotatable bonds is 4. The first-order valence-corrected chi connectivity index (χ1v) is 9.87. The number of pyridine rings is 1. The molecule has 0 bridgehead atoms. The van der Waals surface area contributed by atoms with Gasteiger partial charge in [0.1, 0.15) is 11.9 Å². The molecule has 3 heterocycles. The normalized spacial score (nSPS) is 16.6. The summed E-state index contributed by atoms with van der Waals surface area (Å²) in [6, 6.07) is 7.49. The summed E-state index contributed by atoms with van der Waals surface area (Å²) in [6.07, 6.45) is 0.0570. The Morgan fingerprint density at radius 3 is 2.56 bits per heavy atom. The number of likely N-dealkylation sites (tertiary alicyclic amines) is 1. The van der Waals surface area contributed by atoms with E-state index >= 15 is 0 Å². The molecule has 10 heteroatoms. The molecule has 0 saturated carbocycles. The highest BCUT2D eigenvalue weighted by molar-refractivity contribution is 6.00. The van der Waals surface area contributed by atoms with Gasteiger partial charge in [0.05, 0.1) is 17.7 Å². The molecule has 166 valence electrons. The van der Waals surface area contributed by atoms with Crippen LogP contribution < -0.4 is 4.74 Å². The van der Waals surface area contributed by atoms with E-state index in [2.05, 4.69) is 15.0 Å². The summed E-state index contributed by atoms with van der Waals surface area (Å²) in [5.74, 6) is -0.565. The van der Waals surface area contributed by atoms with E-state index in [1.54, 1.807) is 11.0 Å². The maximum Gasteiger partial charge on any atom is 0.417 e. The number of amides is 1. The second kappa shape index (κ2) is 8.89. The van der Waals surface area contributed by atoms with Crippen LogP contribution >= 0.6 is 0 Å². The highest BCUT2D eigenvalue weighted by atomic mass is 19.4. The van der Waals surface area contributed by atoms with Crippen molar-refractivity contribution in [1.29, 1.82) is 0 Å². The lowest BCUT2D eigenvalue weighted by Crippen LogP contribution is -2.44. The maximum absolute atomic E-state index is 13.9. The van der Waals surface area contributed by atoms with Crippen molar-refractivity contribution < 1.29 is 27.1 Å². The van der Waals surface area contributed by atoms with Gasteiger partial charge in [-0.25, -0.2) is 19.3 Å². The molecule has 1 saturated heterocycles. The van der Waals surface area contributed by atoms with Crippen LogP contribution in [-0.2, 0) is 6.18 Å². The number of hydrogen-bond donors (Lipinski definition) is 0. The zero-order valence-electron chi connectivity index (χ0n) is 16.7. The number of nitrogens with zero attached hydrogens (tertiary/aromatic N) is 4. The Kier molecular flexibility index (Phi) is 6.02. The summed E-state index contributed by atoms with van der Waals surface area (Å²) >= 11 is 0. The smallest absolute Gasteiger partial charge is 0.417 e. The molecule has 3 aromatic rings. The number of alkyl halides is 3. The first-order valence-electron chi connectivity index (χ1n) is 9.87. The van der Waals surface area contributed by atoms with Crippen LogP contribution in [0.3, 0.4) is 0 Å². The molecule has 1 atom stereocenters. The average Bonchev–Trinajstić information content (AvgIpc) is 2.79. The highest BCUT2D eigenvalue weighted by Gasteiger charge is 2.31. The second-order valence-electron chi connectivity index (χ2n) is 7.28. The first kappa shape index (κ1) is 21.7. The second-order valence-corrected chi connectivity index (χ2v) is 7.28. The van der Waals surface area contributed by atoms with Crippen molar-refractivity contribution in [2.75, 3.05) is 13.1 Å². The number of halogens is 4. The van der Waals surface area contributed by atoms with Crippen molar-refractivity contribution in [1.82, 2.24) is 19.9 Å². The molecule has 1 amide bonds. The van der Waals surface area contributed by atoms with Crippen LogP contribution in [0.15, 0.2) is 55.0 Å². The molecule has 0 N–H and O–H groups in total. The third-order valence-corrected chi connectivity index (χ3v) is 5.04. The number of aromatic nitrogens is 3. The Morgan fingerprint density at radius 2 is 1.88 bits per heavy atom. The van der Waals surface area contributed by atoms with Crippen molar-refractivity contribution >= 4 is 5.91 Å². The molecular weight excluding hydrogens is 428 g/mol. The standard InChI is InChI=1S/C22H18F4N4O2/c23-15-5-6-17(18(11-15)20-27-8-2-9-28-20)21(31)30-10-1-3-16(13-30)32-19-7-4-14(12-29-19)22(24,25)26/h2,4-9,11-12,16H,1,3,10,13H2. The minimum absolute atomic E-state index is 0.0532. The summed E-state index contributed by atoms with van der Waals surface area (Å²) < 4.78 is 57.7. The fourth-order valence-electron chi connectivity index (χ4n) is 3.50. The van der Waals surface area contributed by atoms with Crippen LogP contribution in [-0.4, -0.2) is 45.0 Å². The Balaban J connectivity index is 1.50. The summed E-state index contributed by atoms with van der Waals surface area (Å²) in [5, 5.41) is 0.